The van der Waals surface area contributed by atoms with Gasteiger partial charge in [0.1, 0.15) is 5.56 Å². The number of nitrogens with zero attached hydrogens (tertiary/aromatic N) is 1. The van der Waals surface area contributed by atoms with Gasteiger partial charge in [-0.2, -0.15) is 0 Å². The van der Waals surface area contributed by atoms with E-state index in [9.17, 15) is 24.1 Å². The number of nitro groups is 1. The molecule has 1 aromatic carbocycles. The van der Waals surface area contributed by atoms with Crippen LogP contribution in [0.25, 0.3) is 0 Å². The third-order valence-electron chi connectivity index (χ3n) is 2.42. The van der Waals surface area contributed by atoms with E-state index in [1.807, 2.05) is 0 Å². The fourth-order valence-corrected chi connectivity index (χ4v) is 1.54. The zero-order chi connectivity index (χ0) is 16.2. The molecule has 0 aliphatic heterocycles. The molecule has 0 radical (unpaired) electrons. The molecule has 9 heteroatoms. The molecule has 114 valence electrons. The highest BCUT2D eigenvalue weighted by molar-refractivity contribution is 6.00. The first-order valence-electron chi connectivity index (χ1n) is 6.03. The minimum absolute atomic E-state index is 0.106. The van der Waals surface area contributed by atoms with Crippen LogP contribution in [0.2, 0.25) is 0 Å². The third-order valence-corrected chi connectivity index (χ3v) is 2.42. The summed E-state index contributed by atoms with van der Waals surface area (Å²) in [5.74, 6) is -2.32. The van der Waals surface area contributed by atoms with Gasteiger partial charge in [-0.15, -0.1) is 0 Å². The monoisotopic (exact) mass is 298 g/mol. The van der Waals surface area contributed by atoms with E-state index in [1.165, 1.54) is 0 Å². The van der Waals surface area contributed by atoms with E-state index in [-0.39, 0.29) is 12.6 Å². The number of rotatable bonds is 5. The highest BCUT2D eigenvalue weighted by Crippen LogP contribution is 2.24. The van der Waals surface area contributed by atoms with Gasteiger partial charge < -0.3 is 16.4 Å². The summed E-state index contributed by atoms with van der Waals surface area (Å²) in [4.78, 5) is 33.1. The van der Waals surface area contributed by atoms with E-state index < -0.39 is 39.5 Å². The summed E-state index contributed by atoms with van der Waals surface area (Å²) >= 11 is 0. The van der Waals surface area contributed by atoms with Crippen LogP contribution in [-0.4, -0.2) is 29.3 Å². The molecule has 0 spiro atoms. The van der Waals surface area contributed by atoms with Crippen LogP contribution < -0.4 is 16.4 Å². The van der Waals surface area contributed by atoms with E-state index in [4.69, 9.17) is 5.73 Å². The Labute approximate surface area is 119 Å². The first-order chi connectivity index (χ1) is 9.72. The van der Waals surface area contributed by atoms with Gasteiger partial charge in [-0.05, 0) is 19.9 Å². The summed E-state index contributed by atoms with van der Waals surface area (Å²) in [7, 11) is 0. The van der Waals surface area contributed by atoms with Crippen molar-refractivity contribution in [3.05, 3.63) is 33.6 Å². The molecule has 0 fully saturated rings. The quantitative estimate of drug-likeness (QED) is 0.416. The Morgan fingerprint density at radius 2 is 2.05 bits per heavy atom. The number of anilines is 1. The van der Waals surface area contributed by atoms with Crippen LogP contribution >= 0.6 is 0 Å². The van der Waals surface area contributed by atoms with Crippen molar-refractivity contribution < 1.29 is 18.9 Å². The van der Waals surface area contributed by atoms with E-state index in [0.717, 1.165) is 6.07 Å². The van der Waals surface area contributed by atoms with Gasteiger partial charge in [0.05, 0.1) is 23.2 Å². The molecular weight excluding hydrogens is 283 g/mol. The van der Waals surface area contributed by atoms with E-state index in [2.05, 4.69) is 10.6 Å². The summed E-state index contributed by atoms with van der Waals surface area (Å²) in [6.45, 7) is 3.13. The Kier molecular flexibility index (Phi) is 5.17. The number of nitrogens with one attached hydrogen (secondary N) is 2. The highest BCUT2D eigenvalue weighted by Gasteiger charge is 2.23. The van der Waals surface area contributed by atoms with E-state index in [0.29, 0.717) is 6.07 Å². The van der Waals surface area contributed by atoms with Crippen LogP contribution in [0.1, 0.15) is 24.2 Å². The maximum absolute atomic E-state index is 13.2. The first kappa shape index (κ1) is 16.3. The summed E-state index contributed by atoms with van der Waals surface area (Å²) in [6.07, 6.45) is 0. The zero-order valence-electron chi connectivity index (χ0n) is 11.5. The number of carbonyl (C=O) groups is 2. The van der Waals surface area contributed by atoms with Crippen LogP contribution in [-0.2, 0) is 4.79 Å². The van der Waals surface area contributed by atoms with Crippen LogP contribution in [0.5, 0.6) is 0 Å². The summed E-state index contributed by atoms with van der Waals surface area (Å²) in [5.41, 5.74) is 3.78. The minimum atomic E-state index is -0.990. The van der Waals surface area contributed by atoms with Gasteiger partial charge in [-0.25, -0.2) is 4.39 Å². The number of amides is 2. The molecule has 0 unspecified atom stereocenters. The van der Waals surface area contributed by atoms with Crippen molar-refractivity contribution >= 4 is 23.2 Å². The lowest BCUT2D eigenvalue weighted by atomic mass is 10.1. The smallest absolute Gasteiger partial charge is 0.285 e. The number of hydrogen-bond donors (Lipinski definition) is 3. The second kappa shape index (κ2) is 6.64. The normalized spacial score (nSPS) is 10.3. The largest absolute Gasteiger partial charge is 0.396 e. The Hall–Kier alpha value is -2.71. The molecule has 1 aromatic rings. The van der Waals surface area contributed by atoms with E-state index >= 15 is 0 Å². The Balaban J connectivity index is 2.90. The van der Waals surface area contributed by atoms with Gasteiger partial charge in [-0.1, -0.05) is 0 Å². The number of nitrogens with two attached hydrogens (primary N) is 1. The Bertz CT molecular complexity index is 589. The number of halogens is 1. The molecule has 0 aliphatic rings. The third kappa shape index (κ3) is 4.41. The molecule has 0 aromatic heterocycles. The molecule has 8 nitrogen and oxygen atoms in total. The molecule has 0 aliphatic carbocycles. The SMILES string of the molecule is CC(C)NC(=O)CNC(=O)c1cc(N)c(F)cc1[N+](=O)[O-]. The topological polar surface area (TPSA) is 127 Å². The molecule has 0 atom stereocenters. The Morgan fingerprint density at radius 1 is 1.43 bits per heavy atom. The zero-order valence-corrected chi connectivity index (χ0v) is 11.5. The average molecular weight is 298 g/mol. The predicted octanol–water partition coefficient (Wildman–Crippen LogP) is 0.570. The standard InChI is InChI=1S/C12H15FN4O4/c1-6(2)16-11(18)5-15-12(19)7-3-9(14)8(13)4-10(7)17(20)21/h3-4,6H,5,14H2,1-2H3,(H,15,19)(H,16,18). The maximum Gasteiger partial charge on any atom is 0.285 e. The molecule has 0 bridgehead atoms. The fraction of sp³-hybridized carbons (Fsp3) is 0.333. The van der Waals surface area contributed by atoms with Crippen LogP contribution in [0.15, 0.2) is 12.1 Å². The van der Waals surface area contributed by atoms with Crippen molar-refractivity contribution in [1.82, 2.24) is 10.6 Å². The number of nitro benzene ring substituents is 1. The molecule has 1 rings (SSSR count). The average Bonchev–Trinajstić information content (AvgIpc) is 2.37. The second-order valence-electron chi connectivity index (χ2n) is 4.55. The van der Waals surface area contributed by atoms with Gasteiger partial charge in [0, 0.05) is 6.04 Å². The summed E-state index contributed by atoms with van der Waals surface area (Å²) in [6, 6.07) is 1.33. The van der Waals surface area contributed by atoms with Crippen molar-refractivity contribution in [2.45, 2.75) is 19.9 Å². The lowest BCUT2D eigenvalue weighted by molar-refractivity contribution is -0.385. The summed E-state index contributed by atoms with van der Waals surface area (Å²) in [5, 5.41) is 15.6. The van der Waals surface area contributed by atoms with E-state index in [1.54, 1.807) is 13.8 Å². The molecule has 0 heterocycles. The van der Waals surface area contributed by atoms with Gasteiger partial charge >= 0.3 is 0 Å². The molecular formula is C12H15FN4O4. The summed E-state index contributed by atoms with van der Waals surface area (Å²) < 4.78 is 13.2. The van der Waals surface area contributed by atoms with Crippen LogP contribution in [0.3, 0.4) is 0 Å². The molecule has 21 heavy (non-hydrogen) atoms. The number of benzene rings is 1. The lowest BCUT2D eigenvalue weighted by Crippen LogP contribution is -2.40. The maximum atomic E-state index is 13.2. The van der Waals surface area contributed by atoms with Crippen molar-refractivity contribution in [1.29, 1.82) is 0 Å². The van der Waals surface area contributed by atoms with Gasteiger partial charge in [-0.3, -0.25) is 19.7 Å². The number of carbonyl (C=O) groups excluding carboxylic acids is 2. The molecule has 0 saturated carbocycles. The number of hydrogen-bond acceptors (Lipinski definition) is 5. The molecule has 4 N–H and O–H groups in total. The van der Waals surface area contributed by atoms with Gasteiger partial charge in [0.15, 0.2) is 5.82 Å². The first-order valence-corrected chi connectivity index (χ1v) is 6.03. The van der Waals surface area contributed by atoms with Crippen molar-refractivity contribution in [3.63, 3.8) is 0 Å². The van der Waals surface area contributed by atoms with Crippen molar-refractivity contribution in [2.24, 2.45) is 0 Å². The van der Waals surface area contributed by atoms with Crippen molar-refractivity contribution in [2.75, 3.05) is 12.3 Å². The van der Waals surface area contributed by atoms with Crippen LogP contribution in [0, 0.1) is 15.9 Å². The lowest BCUT2D eigenvalue weighted by Gasteiger charge is -2.10. The fourth-order valence-electron chi connectivity index (χ4n) is 1.54. The molecule has 2 amide bonds. The van der Waals surface area contributed by atoms with Gasteiger partial charge in [0.25, 0.3) is 11.6 Å². The van der Waals surface area contributed by atoms with Gasteiger partial charge in [0.2, 0.25) is 5.91 Å². The Morgan fingerprint density at radius 3 is 2.57 bits per heavy atom. The second-order valence-corrected chi connectivity index (χ2v) is 4.55. The number of nitrogen functional groups attached to an aromatic ring is 1. The molecule has 0 saturated heterocycles. The van der Waals surface area contributed by atoms with Crippen molar-refractivity contribution in [3.8, 4) is 0 Å². The van der Waals surface area contributed by atoms with Crippen LogP contribution in [0.4, 0.5) is 15.8 Å². The minimum Gasteiger partial charge on any atom is -0.396 e. The highest BCUT2D eigenvalue weighted by atomic mass is 19.1. The predicted molar refractivity (Wildman–Crippen MR) is 73.1 cm³/mol.